The van der Waals surface area contributed by atoms with Crippen molar-refractivity contribution in [1.29, 1.82) is 0 Å². The quantitative estimate of drug-likeness (QED) is 0.867. The van der Waals surface area contributed by atoms with E-state index in [1.165, 1.54) is 6.33 Å². The van der Waals surface area contributed by atoms with E-state index in [1.807, 2.05) is 19.2 Å². The highest BCUT2D eigenvalue weighted by atomic mass is 15.0. The molecule has 0 aromatic carbocycles. The fourth-order valence-electron chi connectivity index (χ4n) is 1.55. The van der Waals surface area contributed by atoms with E-state index in [0.29, 0.717) is 5.82 Å². The molecular weight excluding hydrogens is 214 g/mol. The Morgan fingerprint density at radius 2 is 2.18 bits per heavy atom. The van der Waals surface area contributed by atoms with Crippen LogP contribution < -0.4 is 5.32 Å². The van der Waals surface area contributed by atoms with Crippen LogP contribution in [-0.4, -0.2) is 27.0 Å². The number of nitrogens with one attached hydrogen (secondary N) is 1. The molecule has 17 heavy (non-hydrogen) atoms. The predicted octanol–water partition coefficient (Wildman–Crippen LogP) is 1.93. The van der Waals surface area contributed by atoms with E-state index in [-0.39, 0.29) is 0 Å². The summed E-state index contributed by atoms with van der Waals surface area (Å²) in [6.07, 6.45) is 5.19. The van der Waals surface area contributed by atoms with Crippen molar-refractivity contribution in [3.8, 4) is 11.5 Å². The van der Waals surface area contributed by atoms with Gasteiger partial charge in [0.15, 0.2) is 5.82 Å². The lowest BCUT2D eigenvalue weighted by Gasteiger charge is -2.06. The van der Waals surface area contributed by atoms with Gasteiger partial charge in [-0.25, -0.2) is 19.9 Å². The largest absolute Gasteiger partial charge is 0.373 e. The number of hydrogen-bond acceptors (Lipinski definition) is 5. The molecule has 0 atom stereocenters. The molecule has 88 valence electrons. The summed E-state index contributed by atoms with van der Waals surface area (Å²) in [4.78, 5) is 16.9. The van der Waals surface area contributed by atoms with Gasteiger partial charge in [0.05, 0.1) is 0 Å². The van der Waals surface area contributed by atoms with Gasteiger partial charge >= 0.3 is 0 Å². The first-order chi connectivity index (χ1) is 8.33. The van der Waals surface area contributed by atoms with Crippen molar-refractivity contribution < 1.29 is 0 Å². The van der Waals surface area contributed by atoms with Crippen LogP contribution in [0.25, 0.3) is 11.5 Å². The highest BCUT2D eigenvalue weighted by Crippen LogP contribution is 2.15. The number of nitrogens with zero attached hydrogens (tertiary/aromatic N) is 4. The van der Waals surface area contributed by atoms with Crippen LogP contribution in [0.3, 0.4) is 0 Å². The van der Waals surface area contributed by atoms with E-state index in [4.69, 9.17) is 0 Å². The van der Waals surface area contributed by atoms with E-state index in [2.05, 4.69) is 32.2 Å². The van der Waals surface area contributed by atoms with Gasteiger partial charge in [-0.3, -0.25) is 0 Å². The molecule has 0 bridgehead atoms. The van der Waals surface area contributed by atoms with E-state index >= 15 is 0 Å². The average Bonchev–Trinajstić information content (AvgIpc) is 2.40. The lowest BCUT2D eigenvalue weighted by molar-refractivity contribution is 0.874. The highest BCUT2D eigenvalue weighted by molar-refractivity contribution is 5.52. The van der Waals surface area contributed by atoms with Crippen molar-refractivity contribution in [2.75, 3.05) is 12.4 Å². The van der Waals surface area contributed by atoms with E-state index in [9.17, 15) is 0 Å². The Morgan fingerprint density at radius 1 is 1.29 bits per heavy atom. The van der Waals surface area contributed by atoms with Crippen LogP contribution in [0.1, 0.15) is 19.0 Å². The zero-order valence-electron chi connectivity index (χ0n) is 10.0. The fraction of sp³-hybridized carbons (Fsp3) is 0.333. The van der Waals surface area contributed by atoms with E-state index in [1.54, 1.807) is 6.20 Å². The second-order valence-corrected chi connectivity index (χ2v) is 3.66. The smallest absolute Gasteiger partial charge is 0.180 e. The van der Waals surface area contributed by atoms with Crippen molar-refractivity contribution >= 4 is 5.82 Å². The third-order valence-electron chi connectivity index (χ3n) is 2.35. The van der Waals surface area contributed by atoms with Crippen LogP contribution in [0.15, 0.2) is 24.7 Å². The molecule has 1 N–H and O–H groups in total. The minimum atomic E-state index is 0.641. The number of anilines is 1. The molecule has 0 aliphatic heterocycles. The second-order valence-electron chi connectivity index (χ2n) is 3.66. The Morgan fingerprint density at radius 3 is 2.82 bits per heavy atom. The molecule has 0 fully saturated rings. The minimum Gasteiger partial charge on any atom is -0.373 e. The topological polar surface area (TPSA) is 63.6 Å². The van der Waals surface area contributed by atoms with Gasteiger partial charge < -0.3 is 5.32 Å². The molecule has 0 amide bonds. The van der Waals surface area contributed by atoms with Crippen molar-refractivity contribution in [1.82, 2.24) is 19.9 Å². The maximum atomic E-state index is 4.50. The summed E-state index contributed by atoms with van der Waals surface area (Å²) in [6, 6.07) is 3.78. The molecule has 0 aliphatic rings. The summed E-state index contributed by atoms with van der Waals surface area (Å²) in [5, 5.41) is 3.04. The Balaban J connectivity index is 2.43. The summed E-state index contributed by atoms with van der Waals surface area (Å²) in [5.41, 5.74) is 1.77. The lowest BCUT2D eigenvalue weighted by Crippen LogP contribution is -2.01. The normalized spacial score (nSPS) is 10.2. The summed E-state index contributed by atoms with van der Waals surface area (Å²) >= 11 is 0. The van der Waals surface area contributed by atoms with Crippen LogP contribution in [0, 0.1) is 0 Å². The van der Waals surface area contributed by atoms with Crippen LogP contribution in [0.2, 0.25) is 0 Å². The zero-order valence-corrected chi connectivity index (χ0v) is 10.0. The molecule has 0 aliphatic carbocycles. The molecule has 2 heterocycles. The Hall–Kier alpha value is -2.04. The SMILES string of the molecule is CCCc1cc(NC)nc(-c2ccncn2)n1. The van der Waals surface area contributed by atoms with Gasteiger partial charge in [-0.15, -0.1) is 0 Å². The summed E-state index contributed by atoms with van der Waals surface area (Å²) < 4.78 is 0. The molecule has 5 heteroatoms. The van der Waals surface area contributed by atoms with Gasteiger partial charge in [0, 0.05) is 25.0 Å². The molecule has 0 unspecified atom stereocenters. The molecule has 2 aromatic rings. The molecule has 0 saturated carbocycles. The number of aryl methyl sites for hydroxylation is 1. The van der Waals surface area contributed by atoms with Gasteiger partial charge in [0.25, 0.3) is 0 Å². The predicted molar refractivity (Wildman–Crippen MR) is 66.6 cm³/mol. The first-order valence-corrected chi connectivity index (χ1v) is 5.65. The first kappa shape index (κ1) is 11.4. The standard InChI is InChI=1S/C12H15N5/c1-3-4-9-7-11(13-2)17-12(16-9)10-5-6-14-8-15-10/h5-8H,3-4H2,1-2H3,(H,13,16,17). The van der Waals surface area contributed by atoms with Crippen LogP contribution in [0.5, 0.6) is 0 Å². The Bertz CT molecular complexity index is 484. The van der Waals surface area contributed by atoms with Gasteiger partial charge in [0.2, 0.25) is 0 Å². The number of hydrogen-bond donors (Lipinski definition) is 1. The second kappa shape index (κ2) is 5.34. The maximum absolute atomic E-state index is 4.50. The first-order valence-electron chi connectivity index (χ1n) is 5.65. The highest BCUT2D eigenvalue weighted by Gasteiger charge is 2.06. The summed E-state index contributed by atoms with van der Waals surface area (Å²) in [5.74, 6) is 1.46. The van der Waals surface area contributed by atoms with Crippen molar-refractivity contribution in [3.63, 3.8) is 0 Å². The summed E-state index contributed by atoms with van der Waals surface area (Å²) in [7, 11) is 1.85. The van der Waals surface area contributed by atoms with Crippen molar-refractivity contribution in [2.24, 2.45) is 0 Å². The van der Waals surface area contributed by atoms with E-state index < -0.39 is 0 Å². The van der Waals surface area contributed by atoms with Crippen LogP contribution in [0.4, 0.5) is 5.82 Å². The molecule has 0 spiro atoms. The number of rotatable bonds is 4. The summed E-state index contributed by atoms with van der Waals surface area (Å²) in [6.45, 7) is 2.13. The van der Waals surface area contributed by atoms with Crippen molar-refractivity contribution in [3.05, 3.63) is 30.4 Å². The Kier molecular flexibility index (Phi) is 3.59. The third kappa shape index (κ3) is 2.75. The lowest BCUT2D eigenvalue weighted by atomic mass is 10.2. The average molecular weight is 229 g/mol. The molecule has 0 radical (unpaired) electrons. The van der Waals surface area contributed by atoms with Crippen molar-refractivity contribution in [2.45, 2.75) is 19.8 Å². The maximum Gasteiger partial charge on any atom is 0.180 e. The van der Waals surface area contributed by atoms with Crippen LogP contribution >= 0.6 is 0 Å². The molecule has 2 rings (SSSR count). The third-order valence-corrected chi connectivity index (χ3v) is 2.35. The zero-order chi connectivity index (χ0) is 12.1. The fourth-order valence-corrected chi connectivity index (χ4v) is 1.55. The van der Waals surface area contributed by atoms with Crippen LogP contribution in [-0.2, 0) is 6.42 Å². The van der Waals surface area contributed by atoms with Gasteiger partial charge in [0.1, 0.15) is 17.8 Å². The molecule has 0 saturated heterocycles. The van der Waals surface area contributed by atoms with Gasteiger partial charge in [-0.05, 0) is 12.5 Å². The van der Waals surface area contributed by atoms with Gasteiger partial charge in [-0.1, -0.05) is 13.3 Å². The Labute approximate surface area is 100 Å². The molecule has 2 aromatic heterocycles. The molecular formula is C12H15N5. The van der Waals surface area contributed by atoms with E-state index in [0.717, 1.165) is 30.0 Å². The molecule has 5 nitrogen and oxygen atoms in total. The van der Waals surface area contributed by atoms with Gasteiger partial charge in [-0.2, -0.15) is 0 Å². The number of aromatic nitrogens is 4. The minimum absolute atomic E-state index is 0.641. The monoisotopic (exact) mass is 229 g/mol.